The Kier molecular flexibility index (Phi) is 8.83. The molecule has 0 bridgehead atoms. The van der Waals surface area contributed by atoms with E-state index in [9.17, 15) is 27.6 Å². The molecular formula is C27H28N4O9S. The van der Waals surface area contributed by atoms with E-state index in [0.717, 1.165) is 23.5 Å². The number of esters is 2. The smallest absolute Gasteiger partial charge is 0.410 e. The van der Waals surface area contributed by atoms with Gasteiger partial charge in [-0.1, -0.05) is 48.5 Å². The Bertz CT molecular complexity index is 1610. The number of methoxy groups -OCH3 is 1. The molecule has 0 aliphatic carbocycles. The van der Waals surface area contributed by atoms with Gasteiger partial charge in [0, 0.05) is 19.6 Å². The van der Waals surface area contributed by atoms with Crippen LogP contribution in [-0.4, -0.2) is 66.9 Å². The third kappa shape index (κ3) is 6.96. The van der Waals surface area contributed by atoms with Gasteiger partial charge in [-0.3, -0.25) is 14.3 Å². The molecule has 3 aromatic rings. The number of rotatable bonds is 8. The average Bonchev–Trinajstić information content (AvgIpc) is 3.36. The lowest BCUT2D eigenvalue weighted by Crippen LogP contribution is -2.39. The number of carbonyl (C=O) groups excluding carboxylic acids is 3. The second-order valence-corrected chi connectivity index (χ2v) is 11.1. The number of benzene rings is 2. The molecule has 0 spiro atoms. The Morgan fingerprint density at radius 3 is 2.27 bits per heavy atom. The number of ether oxygens (including phenoxy) is 3. The van der Waals surface area contributed by atoms with Gasteiger partial charge in [0.2, 0.25) is 15.8 Å². The van der Waals surface area contributed by atoms with Crippen molar-refractivity contribution in [2.45, 2.75) is 25.1 Å². The summed E-state index contributed by atoms with van der Waals surface area (Å²) in [5, 5.41) is 0. The number of nitrogens with one attached hydrogen (secondary N) is 1. The van der Waals surface area contributed by atoms with Gasteiger partial charge in [0.05, 0.1) is 25.0 Å². The first-order valence-corrected chi connectivity index (χ1v) is 14.3. The summed E-state index contributed by atoms with van der Waals surface area (Å²) in [5.41, 5.74) is -0.610. The molecule has 1 N–H and O–H groups in total. The topological polar surface area (TPSA) is 163 Å². The fourth-order valence-corrected chi connectivity index (χ4v) is 5.20. The predicted molar refractivity (Wildman–Crippen MR) is 145 cm³/mol. The molecule has 1 aromatic heterocycles. The monoisotopic (exact) mass is 584 g/mol. The number of nitrogens with zero attached hydrogens (tertiary/aromatic N) is 3. The number of likely N-dealkylation sites (tertiary alicyclic amines) is 1. The molecule has 13 nitrogen and oxygen atoms in total. The summed E-state index contributed by atoms with van der Waals surface area (Å²) >= 11 is 0. The van der Waals surface area contributed by atoms with Gasteiger partial charge < -0.3 is 14.2 Å². The zero-order valence-corrected chi connectivity index (χ0v) is 23.3. The van der Waals surface area contributed by atoms with Gasteiger partial charge in [-0.05, 0) is 24.1 Å². The minimum absolute atomic E-state index is 0.0115. The lowest BCUT2D eigenvalue weighted by Gasteiger charge is -2.25. The zero-order chi connectivity index (χ0) is 29.7. The minimum Gasteiger partial charge on any atom is -0.464 e. The van der Waals surface area contributed by atoms with Crippen molar-refractivity contribution in [1.82, 2.24) is 19.2 Å². The van der Waals surface area contributed by atoms with E-state index in [4.69, 9.17) is 14.2 Å². The molecule has 1 amide bonds. The van der Waals surface area contributed by atoms with Gasteiger partial charge in [0.25, 0.3) is 5.56 Å². The molecular weight excluding hydrogens is 556 g/mol. The quantitative estimate of drug-likeness (QED) is 0.386. The number of amides is 1. The SMILES string of the molecule is COC(=O)c1nc([C@@H]2C[C@H](NS(C)(=O)=O)CN2C(=O)OCc2ccccc2)n(C)c(=O)c1OC(=O)c1ccccc1. The standard InChI is InChI=1S/C27H28N4O9S/c1-30-23(28-21(26(34)38-2)22(24(30)32)40-25(33)18-12-8-5-9-13-18)20-14-19(29-41(3,36)37)15-31(20)27(35)39-16-17-10-6-4-7-11-17/h4-13,19-20,29H,14-16H2,1-3H3/t19-,20-/m0/s1. The highest BCUT2D eigenvalue weighted by molar-refractivity contribution is 7.88. The second kappa shape index (κ2) is 12.3. The van der Waals surface area contributed by atoms with Crippen molar-refractivity contribution < 1.29 is 37.0 Å². The summed E-state index contributed by atoms with van der Waals surface area (Å²) in [4.78, 5) is 57.6. The van der Waals surface area contributed by atoms with E-state index in [-0.39, 0.29) is 31.0 Å². The summed E-state index contributed by atoms with van der Waals surface area (Å²) in [6.07, 6.45) is 0.208. The third-order valence-corrected chi connectivity index (χ3v) is 7.05. The first-order valence-electron chi connectivity index (χ1n) is 12.4. The zero-order valence-electron chi connectivity index (χ0n) is 22.5. The van der Waals surface area contributed by atoms with Crippen LogP contribution in [0.3, 0.4) is 0 Å². The molecule has 0 unspecified atom stereocenters. The highest BCUT2D eigenvalue weighted by Crippen LogP contribution is 2.33. The highest BCUT2D eigenvalue weighted by Gasteiger charge is 2.41. The maximum Gasteiger partial charge on any atom is 0.410 e. The van der Waals surface area contributed by atoms with Crippen molar-refractivity contribution in [2.24, 2.45) is 7.05 Å². The second-order valence-electron chi connectivity index (χ2n) is 9.29. The largest absolute Gasteiger partial charge is 0.464 e. The van der Waals surface area contributed by atoms with Crippen molar-refractivity contribution in [2.75, 3.05) is 19.9 Å². The Labute approximate surface area is 235 Å². The maximum atomic E-state index is 13.4. The molecule has 41 heavy (non-hydrogen) atoms. The Morgan fingerprint density at radius 2 is 1.66 bits per heavy atom. The number of hydrogen-bond acceptors (Lipinski definition) is 10. The van der Waals surface area contributed by atoms with Crippen LogP contribution in [0.15, 0.2) is 65.5 Å². The molecule has 1 aliphatic rings. The summed E-state index contributed by atoms with van der Waals surface area (Å²) in [5.74, 6) is -2.67. The van der Waals surface area contributed by atoms with Crippen LogP contribution in [0.4, 0.5) is 4.79 Å². The maximum absolute atomic E-state index is 13.4. The molecule has 4 rings (SSSR count). The number of sulfonamides is 1. The normalized spacial score (nSPS) is 16.7. The van der Waals surface area contributed by atoms with E-state index >= 15 is 0 Å². The average molecular weight is 585 g/mol. The van der Waals surface area contributed by atoms with Gasteiger partial charge in [-0.2, -0.15) is 0 Å². The minimum atomic E-state index is -3.66. The van der Waals surface area contributed by atoms with Crippen LogP contribution < -0.4 is 15.0 Å². The molecule has 216 valence electrons. The van der Waals surface area contributed by atoms with Crippen LogP contribution in [0.25, 0.3) is 0 Å². The van der Waals surface area contributed by atoms with Crippen molar-refractivity contribution in [3.05, 3.63) is 93.7 Å². The van der Waals surface area contributed by atoms with Crippen LogP contribution in [0, 0.1) is 0 Å². The van der Waals surface area contributed by atoms with E-state index in [1.807, 2.05) is 6.07 Å². The van der Waals surface area contributed by atoms with Gasteiger partial charge in [-0.25, -0.2) is 32.5 Å². The van der Waals surface area contributed by atoms with E-state index < -0.39 is 57.1 Å². The van der Waals surface area contributed by atoms with Crippen LogP contribution in [-0.2, 0) is 33.2 Å². The van der Waals surface area contributed by atoms with Gasteiger partial charge in [0.1, 0.15) is 12.4 Å². The number of carbonyl (C=O) groups is 3. The summed E-state index contributed by atoms with van der Waals surface area (Å²) in [7, 11) is -1.26. The molecule has 1 saturated heterocycles. The van der Waals surface area contributed by atoms with Crippen LogP contribution in [0.2, 0.25) is 0 Å². The van der Waals surface area contributed by atoms with Crippen LogP contribution >= 0.6 is 0 Å². The Morgan fingerprint density at radius 1 is 1.02 bits per heavy atom. The molecule has 1 aliphatic heterocycles. The summed E-state index contributed by atoms with van der Waals surface area (Å²) in [6, 6.07) is 15.0. The molecule has 0 saturated carbocycles. The Hall–Kier alpha value is -4.56. The van der Waals surface area contributed by atoms with Crippen molar-refractivity contribution >= 4 is 28.1 Å². The number of aromatic nitrogens is 2. The van der Waals surface area contributed by atoms with Crippen molar-refractivity contribution in [1.29, 1.82) is 0 Å². The lowest BCUT2D eigenvalue weighted by atomic mass is 10.1. The predicted octanol–water partition coefficient (Wildman–Crippen LogP) is 1.79. The van der Waals surface area contributed by atoms with Crippen molar-refractivity contribution in [3.63, 3.8) is 0 Å². The third-order valence-electron chi connectivity index (χ3n) is 6.29. The first-order chi connectivity index (χ1) is 19.5. The van der Waals surface area contributed by atoms with Crippen molar-refractivity contribution in [3.8, 4) is 5.75 Å². The Balaban J connectivity index is 1.72. The van der Waals surface area contributed by atoms with Gasteiger partial charge in [0.15, 0.2) is 5.69 Å². The molecule has 2 heterocycles. The summed E-state index contributed by atoms with van der Waals surface area (Å²) in [6.45, 7) is -0.152. The van der Waals surface area contributed by atoms with Gasteiger partial charge >= 0.3 is 18.0 Å². The van der Waals surface area contributed by atoms with Crippen LogP contribution in [0.1, 0.15) is 44.7 Å². The van der Waals surface area contributed by atoms with E-state index in [1.54, 1.807) is 42.5 Å². The van der Waals surface area contributed by atoms with E-state index in [2.05, 4.69) is 9.71 Å². The number of hydrogen-bond donors (Lipinski definition) is 1. The highest BCUT2D eigenvalue weighted by atomic mass is 32.2. The molecule has 2 atom stereocenters. The molecule has 14 heteroatoms. The van der Waals surface area contributed by atoms with Crippen LogP contribution in [0.5, 0.6) is 5.75 Å². The fraction of sp³-hybridized carbons (Fsp3) is 0.296. The summed E-state index contributed by atoms with van der Waals surface area (Å²) < 4.78 is 43.0. The molecule has 2 aromatic carbocycles. The van der Waals surface area contributed by atoms with E-state index in [1.165, 1.54) is 24.1 Å². The van der Waals surface area contributed by atoms with Gasteiger partial charge in [-0.15, -0.1) is 0 Å². The lowest BCUT2D eigenvalue weighted by molar-refractivity contribution is 0.0582. The fourth-order valence-electron chi connectivity index (χ4n) is 4.42. The first kappa shape index (κ1) is 29.4. The molecule has 0 radical (unpaired) electrons. The molecule has 1 fully saturated rings. The van der Waals surface area contributed by atoms with E-state index in [0.29, 0.717) is 0 Å².